The van der Waals surface area contributed by atoms with Crippen LogP contribution < -0.4 is 10.4 Å². The van der Waals surface area contributed by atoms with Gasteiger partial charge in [-0.3, -0.25) is 0 Å². The van der Waals surface area contributed by atoms with Crippen molar-refractivity contribution in [1.82, 2.24) is 0 Å². The van der Waals surface area contributed by atoms with Crippen LogP contribution in [0.1, 0.15) is 6.42 Å². The summed E-state index contributed by atoms with van der Waals surface area (Å²) in [5.74, 6) is 3.14. The summed E-state index contributed by atoms with van der Waals surface area (Å²) in [7, 11) is -0.957. The first-order valence-corrected chi connectivity index (χ1v) is 9.59. The molecule has 0 fully saturated rings. The third-order valence-corrected chi connectivity index (χ3v) is 6.94. The Kier molecular flexibility index (Phi) is 6.83. The number of rotatable bonds is 7. The Hall–Kier alpha value is -2.12. The van der Waals surface area contributed by atoms with E-state index < -0.39 is 8.32 Å². The van der Waals surface area contributed by atoms with Crippen LogP contribution in [0.4, 0.5) is 0 Å². The zero-order valence-corrected chi connectivity index (χ0v) is 14.5. The third-order valence-electron chi connectivity index (χ3n) is 3.48. The molecule has 0 spiro atoms. The molecule has 0 amide bonds. The Labute approximate surface area is 139 Å². The zero-order valence-electron chi connectivity index (χ0n) is 13.5. The van der Waals surface area contributed by atoms with Gasteiger partial charge in [0.1, 0.15) is 6.61 Å². The van der Waals surface area contributed by atoms with Gasteiger partial charge in [0.25, 0.3) is 0 Å². The van der Waals surface area contributed by atoms with Gasteiger partial charge in [-0.25, -0.2) is 0 Å². The standard InChI is InChI=1S/C20H22O2Si/c1-3-4-17-22-23(18-11-16-21-2,19-12-7-5-8-13-19)20-14-9-6-10-15-20/h3,5-10,12-15H,1,4,16-17H2,2H3. The first kappa shape index (κ1) is 17.2. The average Bonchev–Trinajstić information content (AvgIpc) is 2.62. The second-order valence-corrected chi connectivity index (χ2v) is 8.13. The molecule has 118 valence electrons. The van der Waals surface area contributed by atoms with Crippen LogP contribution in [0.3, 0.4) is 0 Å². The number of ether oxygens (including phenoxy) is 1. The first-order valence-electron chi connectivity index (χ1n) is 7.68. The molecule has 0 aliphatic rings. The van der Waals surface area contributed by atoms with Crippen LogP contribution in [-0.4, -0.2) is 28.6 Å². The first-order chi connectivity index (χ1) is 11.3. The Balaban J connectivity index is 2.53. The summed E-state index contributed by atoms with van der Waals surface area (Å²) < 4.78 is 11.5. The van der Waals surface area contributed by atoms with E-state index in [1.54, 1.807) is 7.11 Å². The van der Waals surface area contributed by atoms with Crippen molar-refractivity contribution >= 4 is 18.7 Å². The molecule has 0 unspecified atom stereocenters. The summed E-state index contributed by atoms with van der Waals surface area (Å²) in [6.07, 6.45) is 2.68. The molecule has 2 aromatic carbocycles. The highest BCUT2D eigenvalue weighted by molar-refractivity contribution is 7.03. The van der Waals surface area contributed by atoms with Crippen LogP contribution in [0.15, 0.2) is 73.3 Å². The van der Waals surface area contributed by atoms with Gasteiger partial charge in [0.15, 0.2) is 0 Å². The van der Waals surface area contributed by atoms with E-state index >= 15 is 0 Å². The highest BCUT2D eigenvalue weighted by atomic mass is 28.4. The van der Waals surface area contributed by atoms with Crippen LogP contribution in [0.5, 0.6) is 0 Å². The van der Waals surface area contributed by atoms with E-state index in [1.807, 2.05) is 42.5 Å². The fourth-order valence-corrected chi connectivity index (χ4v) is 5.48. The molecule has 0 aromatic heterocycles. The molecule has 0 saturated carbocycles. The van der Waals surface area contributed by atoms with Gasteiger partial charge in [-0.05, 0) is 16.8 Å². The average molecular weight is 322 g/mol. The highest BCUT2D eigenvalue weighted by Crippen LogP contribution is 2.08. The Morgan fingerprint density at radius 1 is 1.00 bits per heavy atom. The van der Waals surface area contributed by atoms with Crippen LogP contribution in [0, 0.1) is 11.5 Å². The maximum Gasteiger partial charge on any atom is 0.337 e. The van der Waals surface area contributed by atoms with Crippen molar-refractivity contribution in [2.45, 2.75) is 6.42 Å². The van der Waals surface area contributed by atoms with Crippen molar-refractivity contribution in [3.63, 3.8) is 0 Å². The van der Waals surface area contributed by atoms with Gasteiger partial charge in [-0.2, -0.15) is 0 Å². The van der Waals surface area contributed by atoms with Gasteiger partial charge >= 0.3 is 8.32 Å². The second-order valence-electron chi connectivity index (χ2n) is 5.07. The predicted molar refractivity (Wildman–Crippen MR) is 98.3 cm³/mol. The molecule has 2 rings (SSSR count). The highest BCUT2D eigenvalue weighted by Gasteiger charge is 2.38. The van der Waals surface area contributed by atoms with Crippen molar-refractivity contribution in [2.24, 2.45) is 0 Å². The maximum atomic E-state index is 6.43. The minimum atomic E-state index is -2.61. The van der Waals surface area contributed by atoms with Crippen molar-refractivity contribution in [3.8, 4) is 11.5 Å². The molecule has 0 bridgehead atoms. The fraction of sp³-hybridized carbons (Fsp3) is 0.200. The van der Waals surface area contributed by atoms with Gasteiger partial charge in [-0.1, -0.05) is 78.2 Å². The summed E-state index contributed by atoms with van der Waals surface area (Å²) in [5.41, 5.74) is 3.43. The molecule has 0 radical (unpaired) electrons. The predicted octanol–water partition coefficient (Wildman–Crippen LogP) is 2.53. The quantitative estimate of drug-likeness (QED) is 0.337. The van der Waals surface area contributed by atoms with E-state index in [-0.39, 0.29) is 0 Å². The summed E-state index contributed by atoms with van der Waals surface area (Å²) in [6, 6.07) is 20.6. The van der Waals surface area contributed by atoms with Crippen molar-refractivity contribution < 1.29 is 9.16 Å². The minimum Gasteiger partial charge on any atom is -0.398 e. The molecule has 3 heteroatoms. The van der Waals surface area contributed by atoms with Crippen molar-refractivity contribution in [2.75, 3.05) is 20.3 Å². The lowest BCUT2D eigenvalue weighted by Gasteiger charge is -2.27. The largest absolute Gasteiger partial charge is 0.398 e. The summed E-state index contributed by atoms with van der Waals surface area (Å²) in [6.45, 7) is 4.79. The molecule has 0 N–H and O–H groups in total. The molecular weight excluding hydrogens is 300 g/mol. The lowest BCUT2D eigenvalue weighted by molar-refractivity contribution is 0.239. The fourth-order valence-electron chi connectivity index (χ4n) is 2.39. The van der Waals surface area contributed by atoms with Gasteiger partial charge in [-0.15, -0.1) is 6.58 Å². The van der Waals surface area contributed by atoms with Crippen LogP contribution >= 0.6 is 0 Å². The number of methoxy groups -OCH3 is 1. The molecular formula is C20H22O2Si. The molecule has 0 aliphatic heterocycles. The lowest BCUT2D eigenvalue weighted by Crippen LogP contribution is -2.60. The van der Waals surface area contributed by atoms with Gasteiger partial charge in [0, 0.05) is 13.7 Å². The zero-order chi connectivity index (χ0) is 16.4. The molecule has 0 saturated heterocycles. The lowest BCUT2D eigenvalue weighted by atomic mass is 10.4. The topological polar surface area (TPSA) is 18.5 Å². The number of hydrogen-bond acceptors (Lipinski definition) is 2. The summed E-state index contributed by atoms with van der Waals surface area (Å²) in [5, 5.41) is 2.30. The van der Waals surface area contributed by atoms with Crippen molar-refractivity contribution in [1.29, 1.82) is 0 Å². The minimum absolute atomic E-state index is 0.402. The van der Waals surface area contributed by atoms with Gasteiger partial charge < -0.3 is 9.16 Å². The SMILES string of the molecule is C=CCCO[Si](C#CCOC)(c1ccccc1)c1ccccc1. The smallest absolute Gasteiger partial charge is 0.337 e. The summed E-state index contributed by atoms with van der Waals surface area (Å²) in [4.78, 5) is 0. The molecule has 0 aliphatic carbocycles. The van der Waals surface area contributed by atoms with E-state index in [0.717, 1.165) is 16.8 Å². The van der Waals surface area contributed by atoms with Crippen LogP contribution in [-0.2, 0) is 9.16 Å². The number of hydrogen-bond donors (Lipinski definition) is 0. The molecule has 0 atom stereocenters. The molecule has 2 aromatic rings. The van der Waals surface area contributed by atoms with Crippen molar-refractivity contribution in [3.05, 3.63) is 73.3 Å². The Morgan fingerprint density at radius 2 is 1.57 bits per heavy atom. The molecule has 2 nitrogen and oxygen atoms in total. The van der Waals surface area contributed by atoms with Crippen LogP contribution in [0.25, 0.3) is 0 Å². The third kappa shape index (κ3) is 4.43. The Morgan fingerprint density at radius 3 is 2.04 bits per heavy atom. The van der Waals surface area contributed by atoms with E-state index in [0.29, 0.717) is 13.2 Å². The number of benzene rings is 2. The van der Waals surface area contributed by atoms with E-state index in [4.69, 9.17) is 9.16 Å². The molecule has 0 heterocycles. The van der Waals surface area contributed by atoms with E-state index in [1.165, 1.54) is 0 Å². The van der Waals surface area contributed by atoms with Gasteiger partial charge in [0.05, 0.1) is 0 Å². The summed E-state index contributed by atoms with van der Waals surface area (Å²) >= 11 is 0. The Bertz CT molecular complexity index is 617. The van der Waals surface area contributed by atoms with Gasteiger partial charge in [0.2, 0.25) is 0 Å². The van der Waals surface area contributed by atoms with E-state index in [9.17, 15) is 0 Å². The second kappa shape index (κ2) is 9.11. The molecule has 23 heavy (non-hydrogen) atoms. The normalized spacial score (nSPS) is 10.7. The maximum absolute atomic E-state index is 6.43. The monoisotopic (exact) mass is 322 g/mol. The van der Waals surface area contributed by atoms with E-state index in [2.05, 4.69) is 42.3 Å². The van der Waals surface area contributed by atoms with Crippen LogP contribution in [0.2, 0.25) is 0 Å².